The van der Waals surface area contributed by atoms with E-state index >= 15 is 0 Å². The van der Waals surface area contributed by atoms with Gasteiger partial charge in [-0.1, -0.05) is 24.3 Å². The molecule has 0 aliphatic carbocycles. The van der Waals surface area contributed by atoms with Crippen LogP contribution in [0.25, 0.3) is 0 Å². The molecule has 4 rings (SSSR count). The van der Waals surface area contributed by atoms with Crippen molar-refractivity contribution >= 4 is 21.6 Å². The average molecular weight is 483 g/mol. The van der Waals surface area contributed by atoms with Crippen LogP contribution in [0.15, 0.2) is 84.3 Å². The van der Waals surface area contributed by atoms with Gasteiger partial charge in [-0.05, 0) is 42.5 Å². The van der Waals surface area contributed by atoms with E-state index in [-0.39, 0.29) is 29.6 Å². The Balaban J connectivity index is 1.49. The molecule has 0 radical (unpaired) electrons. The number of nitrogens with one attached hydrogen (secondary N) is 1. The van der Waals surface area contributed by atoms with Gasteiger partial charge in [-0.25, -0.2) is 12.8 Å². The van der Waals surface area contributed by atoms with Gasteiger partial charge in [0.1, 0.15) is 19.0 Å². The van der Waals surface area contributed by atoms with Gasteiger partial charge in [-0.3, -0.25) is 9.52 Å². The van der Waals surface area contributed by atoms with Gasteiger partial charge in [0.15, 0.2) is 11.5 Å². The van der Waals surface area contributed by atoms with E-state index in [2.05, 4.69) is 11.3 Å². The summed E-state index contributed by atoms with van der Waals surface area (Å²) >= 11 is 0. The molecule has 1 heterocycles. The van der Waals surface area contributed by atoms with Crippen LogP contribution in [0.5, 0.6) is 11.5 Å². The highest BCUT2D eigenvalue weighted by atomic mass is 32.2. The summed E-state index contributed by atoms with van der Waals surface area (Å²) in [7, 11) is -3.89. The summed E-state index contributed by atoms with van der Waals surface area (Å²) in [4.78, 5) is 14.5. The number of anilines is 1. The second kappa shape index (κ2) is 9.96. The third kappa shape index (κ3) is 5.20. The number of ether oxygens (including phenoxy) is 2. The molecule has 3 aromatic rings. The molecule has 0 saturated carbocycles. The molecular weight excluding hydrogens is 459 g/mol. The monoisotopic (exact) mass is 482 g/mol. The fourth-order valence-corrected chi connectivity index (χ4v) is 4.55. The Bertz CT molecular complexity index is 1310. The normalized spacial score (nSPS) is 12.6. The van der Waals surface area contributed by atoms with Crippen LogP contribution in [0.1, 0.15) is 15.9 Å². The Morgan fingerprint density at radius 2 is 1.74 bits per heavy atom. The maximum Gasteiger partial charge on any atom is 0.262 e. The molecule has 1 N–H and O–H groups in total. The van der Waals surface area contributed by atoms with Gasteiger partial charge < -0.3 is 14.4 Å². The third-order valence-corrected chi connectivity index (χ3v) is 6.54. The van der Waals surface area contributed by atoms with Crippen molar-refractivity contribution in [3.63, 3.8) is 0 Å². The van der Waals surface area contributed by atoms with E-state index in [0.29, 0.717) is 35.8 Å². The lowest BCUT2D eigenvalue weighted by Crippen LogP contribution is -2.31. The number of carbonyl (C=O) groups excluding carboxylic acids is 1. The van der Waals surface area contributed by atoms with Crippen LogP contribution in [-0.4, -0.2) is 39.0 Å². The van der Waals surface area contributed by atoms with Crippen LogP contribution in [-0.2, 0) is 16.6 Å². The molecule has 0 spiro atoms. The second-order valence-electron chi connectivity index (χ2n) is 7.55. The molecule has 1 amide bonds. The topological polar surface area (TPSA) is 84.9 Å². The predicted octanol–water partition coefficient (Wildman–Crippen LogP) is 4.23. The molecule has 0 unspecified atom stereocenters. The van der Waals surface area contributed by atoms with Crippen molar-refractivity contribution in [1.82, 2.24) is 4.90 Å². The van der Waals surface area contributed by atoms with Gasteiger partial charge in [0.05, 0.1) is 4.90 Å². The van der Waals surface area contributed by atoms with Crippen LogP contribution in [0, 0.1) is 5.82 Å². The summed E-state index contributed by atoms with van der Waals surface area (Å²) in [5.74, 6) is 0.136. The zero-order valence-electron chi connectivity index (χ0n) is 18.2. The Kier molecular flexibility index (Phi) is 6.83. The molecule has 7 nitrogen and oxygen atoms in total. The summed E-state index contributed by atoms with van der Waals surface area (Å²) in [5.41, 5.74) is 1.01. The van der Waals surface area contributed by atoms with Crippen LogP contribution in [0.4, 0.5) is 10.1 Å². The number of benzene rings is 3. The van der Waals surface area contributed by atoms with E-state index in [1.54, 1.807) is 30.3 Å². The highest BCUT2D eigenvalue weighted by molar-refractivity contribution is 7.92. The number of rotatable bonds is 8. The minimum atomic E-state index is -3.89. The smallest absolute Gasteiger partial charge is 0.262 e. The molecule has 1 aliphatic heterocycles. The minimum Gasteiger partial charge on any atom is -0.486 e. The number of hydrogen-bond acceptors (Lipinski definition) is 5. The van der Waals surface area contributed by atoms with E-state index in [9.17, 15) is 17.6 Å². The highest BCUT2D eigenvalue weighted by Crippen LogP contribution is 2.32. The Morgan fingerprint density at radius 3 is 2.44 bits per heavy atom. The summed E-state index contributed by atoms with van der Waals surface area (Å²) in [5, 5.41) is 0. The van der Waals surface area contributed by atoms with Gasteiger partial charge in [0.25, 0.3) is 15.9 Å². The molecule has 0 aromatic heterocycles. The summed E-state index contributed by atoms with van der Waals surface area (Å²) in [6.07, 6.45) is 1.56. The first-order valence-electron chi connectivity index (χ1n) is 10.5. The number of halogens is 1. The Labute approximate surface area is 197 Å². The maximum absolute atomic E-state index is 14.1. The fourth-order valence-electron chi connectivity index (χ4n) is 3.48. The molecule has 0 fully saturated rings. The SMILES string of the molecule is C=CCN(Cc1ccccc1F)C(=O)c1ccc(NS(=O)(=O)c2ccc3c(c2)OCCO3)cc1. The lowest BCUT2D eigenvalue weighted by Gasteiger charge is -2.22. The quantitative estimate of drug-likeness (QED) is 0.486. The largest absolute Gasteiger partial charge is 0.486 e. The van der Waals surface area contributed by atoms with Crippen molar-refractivity contribution < 1.29 is 27.1 Å². The molecule has 3 aromatic carbocycles. The van der Waals surface area contributed by atoms with E-state index in [1.807, 2.05) is 0 Å². The number of carbonyl (C=O) groups is 1. The van der Waals surface area contributed by atoms with Crippen molar-refractivity contribution in [2.75, 3.05) is 24.5 Å². The molecule has 0 bridgehead atoms. The highest BCUT2D eigenvalue weighted by Gasteiger charge is 2.21. The first-order valence-corrected chi connectivity index (χ1v) is 12.0. The van der Waals surface area contributed by atoms with Crippen molar-refractivity contribution in [2.24, 2.45) is 0 Å². The number of amides is 1. The maximum atomic E-state index is 14.1. The van der Waals surface area contributed by atoms with E-state index < -0.39 is 15.8 Å². The fraction of sp³-hybridized carbons (Fsp3) is 0.160. The van der Waals surface area contributed by atoms with Crippen molar-refractivity contribution in [3.05, 3.63) is 96.3 Å². The number of hydrogen-bond donors (Lipinski definition) is 1. The Hall–Kier alpha value is -3.85. The van der Waals surface area contributed by atoms with E-state index in [4.69, 9.17) is 9.47 Å². The van der Waals surface area contributed by atoms with Crippen molar-refractivity contribution in [1.29, 1.82) is 0 Å². The standard InChI is InChI=1S/C25H23FN2O5S/c1-2-13-28(17-19-5-3-4-6-22(19)26)25(29)18-7-9-20(10-8-18)27-34(30,31)21-11-12-23-24(16-21)33-15-14-32-23/h2-12,16,27H,1,13-15,17H2. The van der Waals surface area contributed by atoms with Gasteiger partial charge in [-0.2, -0.15) is 0 Å². The van der Waals surface area contributed by atoms with Crippen LogP contribution in [0.3, 0.4) is 0 Å². The van der Waals surface area contributed by atoms with Gasteiger partial charge in [-0.15, -0.1) is 6.58 Å². The van der Waals surface area contributed by atoms with Crippen LogP contribution < -0.4 is 14.2 Å². The zero-order chi connectivity index (χ0) is 24.1. The summed E-state index contributed by atoms with van der Waals surface area (Å²) < 4.78 is 53.0. The first kappa shape index (κ1) is 23.3. The molecule has 9 heteroatoms. The van der Waals surface area contributed by atoms with Gasteiger partial charge in [0.2, 0.25) is 0 Å². The van der Waals surface area contributed by atoms with Crippen molar-refractivity contribution in [3.8, 4) is 11.5 Å². The van der Waals surface area contributed by atoms with Crippen molar-refractivity contribution in [2.45, 2.75) is 11.4 Å². The van der Waals surface area contributed by atoms with Gasteiger partial charge >= 0.3 is 0 Å². The summed E-state index contributed by atoms with van der Waals surface area (Å²) in [6, 6.07) is 16.7. The average Bonchev–Trinajstić information content (AvgIpc) is 2.84. The van der Waals surface area contributed by atoms with E-state index in [0.717, 1.165) is 0 Å². The van der Waals surface area contributed by atoms with E-state index in [1.165, 1.54) is 47.4 Å². The lowest BCUT2D eigenvalue weighted by molar-refractivity contribution is 0.0761. The number of fused-ring (bicyclic) bond motifs is 1. The molecule has 0 atom stereocenters. The molecule has 1 aliphatic rings. The van der Waals surface area contributed by atoms with Gasteiger partial charge in [0, 0.05) is 36.0 Å². The molecule has 34 heavy (non-hydrogen) atoms. The molecular formula is C25H23FN2O5S. The zero-order valence-corrected chi connectivity index (χ0v) is 19.1. The molecule has 176 valence electrons. The third-order valence-electron chi connectivity index (χ3n) is 5.16. The number of nitrogens with zero attached hydrogens (tertiary/aromatic N) is 1. The lowest BCUT2D eigenvalue weighted by atomic mass is 10.1. The predicted molar refractivity (Wildman–Crippen MR) is 126 cm³/mol. The van der Waals surface area contributed by atoms with Crippen LogP contribution >= 0.6 is 0 Å². The van der Waals surface area contributed by atoms with Crippen LogP contribution in [0.2, 0.25) is 0 Å². The minimum absolute atomic E-state index is 0.0268. The number of sulfonamides is 1. The second-order valence-corrected chi connectivity index (χ2v) is 9.24. The summed E-state index contributed by atoms with van der Waals surface area (Å²) in [6.45, 7) is 4.73. The molecule has 0 saturated heterocycles. The first-order chi connectivity index (χ1) is 16.4. The Morgan fingerprint density at radius 1 is 1.03 bits per heavy atom.